The minimum Gasteiger partial charge on any atom is -0.197 e. The first kappa shape index (κ1) is 10.8. The maximum absolute atomic E-state index is 2.00. The zero-order valence-electron chi connectivity index (χ0n) is 4.46. The molecule has 46 valence electrons. The molecule has 1 rings (SSSR count). The second kappa shape index (κ2) is 6.92. The quantitative estimate of drug-likeness (QED) is 0.524. The van der Waals surface area contributed by atoms with E-state index >= 15 is 0 Å². The van der Waals surface area contributed by atoms with Crippen LogP contribution in [0.5, 0.6) is 0 Å². The Kier molecular flexibility index (Phi) is 9.36. The predicted octanol–water partition coefficient (Wildman–Crippen LogP) is 1.91. The second-order valence-corrected chi connectivity index (χ2v) is 1.15. The minimum absolute atomic E-state index is 0. The summed E-state index contributed by atoms with van der Waals surface area (Å²) in [5, 5.41) is 0. The highest BCUT2D eigenvalue weighted by Crippen LogP contribution is 1.79. The molecular weight excluding hydrogens is 136 g/mol. The molecule has 8 heavy (non-hydrogen) atoms. The van der Waals surface area contributed by atoms with Crippen molar-refractivity contribution in [2.75, 3.05) is 0 Å². The Bertz CT molecular complexity index is 78.5. The molecule has 0 aliphatic rings. The van der Waals surface area contributed by atoms with Gasteiger partial charge in [0.2, 0.25) is 0 Å². The highest BCUT2D eigenvalue weighted by atomic mass is 32.1. The summed E-state index contributed by atoms with van der Waals surface area (Å²) in [6.07, 6.45) is 0. The summed E-state index contributed by atoms with van der Waals surface area (Å²) in [6, 6.07) is 12.0. The second-order valence-electron chi connectivity index (χ2n) is 1.15. The number of rotatable bonds is 0. The maximum atomic E-state index is 2.00. The van der Waals surface area contributed by atoms with Gasteiger partial charge in [-0.1, -0.05) is 36.4 Å². The van der Waals surface area contributed by atoms with Crippen molar-refractivity contribution in [3.05, 3.63) is 36.4 Å². The Morgan fingerprint density at radius 1 is 0.375 bits per heavy atom. The van der Waals surface area contributed by atoms with Crippen molar-refractivity contribution in [1.82, 2.24) is 0 Å². The molecule has 0 fully saturated rings. The third-order valence-corrected chi connectivity index (χ3v) is 0.667. The van der Waals surface area contributed by atoms with Gasteiger partial charge < -0.3 is 0 Å². The Labute approximate surface area is 63.8 Å². The van der Waals surface area contributed by atoms with Crippen LogP contribution < -0.4 is 0 Å². The van der Waals surface area contributed by atoms with Crippen LogP contribution in [0.15, 0.2) is 36.4 Å². The van der Waals surface area contributed by atoms with E-state index in [0.717, 1.165) is 0 Å². The molecule has 0 aromatic heterocycles. The first-order valence-electron chi connectivity index (χ1n) is 2.00. The molecule has 0 unspecified atom stereocenters. The molecule has 0 saturated heterocycles. The summed E-state index contributed by atoms with van der Waals surface area (Å²) in [7, 11) is 0. The van der Waals surface area contributed by atoms with Crippen LogP contribution in [0, 0.1) is 0 Å². The Morgan fingerprint density at radius 2 is 0.500 bits per heavy atom. The van der Waals surface area contributed by atoms with E-state index in [1.54, 1.807) is 0 Å². The van der Waals surface area contributed by atoms with Gasteiger partial charge in [-0.15, -0.1) is 0 Å². The SMILES string of the molecule is S.S.c1ccccc1. The Balaban J connectivity index is 0. The largest absolute Gasteiger partial charge is 0.197 e. The molecule has 0 aliphatic carbocycles. The van der Waals surface area contributed by atoms with Crippen molar-refractivity contribution < 1.29 is 0 Å². The molecule has 0 spiro atoms. The summed E-state index contributed by atoms with van der Waals surface area (Å²) in [6.45, 7) is 0. The first-order valence-corrected chi connectivity index (χ1v) is 2.00. The van der Waals surface area contributed by atoms with Gasteiger partial charge in [0.15, 0.2) is 0 Å². The van der Waals surface area contributed by atoms with Crippen LogP contribution in [-0.2, 0) is 0 Å². The standard InChI is InChI=1S/C6H6.2H2S/c1-2-4-6-5-3-1;;/h1-6H;2*1H2. The van der Waals surface area contributed by atoms with Gasteiger partial charge in [-0.25, -0.2) is 0 Å². The molecule has 0 atom stereocenters. The van der Waals surface area contributed by atoms with E-state index in [0.29, 0.717) is 0 Å². The van der Waals surface area contributed by atoms with Crippen molar-refractivity contribution in [3.8, 4) is 0 Å². The van der Waals surface area contributed by atoms with Crippen molar-refractivity contribution in [2.45, 2.75) is 0 Å². The molecule has 0 N–H and O–H groups in total. The van der Waals surface area contributed by atoms with Crippen LogP contribution in [0.3, 0.4) is 0 Å². The van der Waals surface area contributed by atoms with Crippen LogP contribution in [0.1, 0.15) is 0 Å². The van der Waals surface area contributed by atoms with Crippen molar-refractivity contribution in [1.29, 1.82) is 0 Å². The molecule has 0 saturated carbocycles. The fourth-order valence-electron chi connectivity index (χ4n) is 0.385. The van der Waals surface area contributed by atoms with Crippen LogP contribution >= 0.6 is 27.0 Å². The van der Waals surface area contributed by atoms with E-state index in [1.807, 2.05) is 36.4 Å². The first-order chi connectivity index (χ1) is 3.00. The van der Waals surface area contributed by atoms with E-state index in [-0.39, 0.29) is 27.0 Å². The predicted molar refractivity (Wildman–Crippen MR) is 47.2 cm³/mol. The van der Waals surface area contributed by atoms with E-state index in [1.165, 1.54) is 0 Å². The highest BCUT2D eigenvalue weighted by molar-refractivity contribution is 7.59. The molecule has 0 aliphatic heterocycles. The van der Waals surface area contributed by atoms with Gasteiger partial charge in [-0.3, -0.25) is 0 Å². The molecule has 0 radical (unpaired) electrons. The van der Waals surface area contributed by atoms with Crippen molar-refractivity contribution in [3.63, 3.8) is 0 Å². The topological polar surface area (TPSA) is 0 Å². The van der Waals surface area contributed by atoms with Crippen LogP contribution in [0.4, 0.5) is 0 Å². The molecule has 0 heterocycles. The van der Waals surface area contributed by atoms with Crippen LogP contribution in [-0.4, -0.2) is 0 Å². The van der Waals surface area contributed by atoms with Gasteiger partial charge in [0.1, 0.15) is 0 Å². The Morgan fingerprint density at radius 3 is 0.625 bits per heavy atom. The van der Waals surface area contributed by atoms with E-state index in [2.05, 4.69) is 0 Å². The lowest BCUT2D eigenvalue weighted by molar-refractivity contribution is 1.72. The van der Waals surface area contributed by atoms with Gasteiger partial charge in [0.25, 0.3) is 0 Å². The molecule has 1 aromatic carbocycles. The maximum Gasteiger partial charge on any atom is -0.0623 e. The fourth-order valence-corrected chi connectivity index (χ4v) is 0.385. The zero-order chi connectivity index (χ0) is 4.24. The molecule has 2 heteroatoms. The highest BCUT2D eigenvalue weighted by Gasteiger charge is 1.57. The summed E-state index contributed by atoms with van der Waals surface area (Å²) in [5.41, 5.74) is 0. The summed E-state index contributed by atoms with van der Waals surface area (Å²) in [5.74, 6) is 0. The number of hydrogen-bond acceptors (Lipinski definition) is 0. The molecule has 0 nitrogen and oxygen atoms in total. The average Bonchev–Trinajstić information content (AvgIpc) is 1.72. The summed E-state index contributed by atoms with van der Waals surface area (Å²) in [4.78, 5) is 0. The lowest BCUT2D eigenvalue weighted by Crippen LogP contribution is -1.47. The lowest BCUT2D eigenvalue weighted by Gasteiger charge is -1.69. The monoisotopic (exact) mass is 146 g/mol. The number of hydrogen-bond donors (Lipinski definition) is 0. The van der Waals surface area contributed by atoms with Gasteiger partial charge in [0, 0.05) is 0 Å². The van der Waals surface area contributed by atoms with E-state index < -0.39 is 0 Å². The minimum atomic E-state index is 0. The molecule has 1 aromatic rings. The third kappa shape index (κ3) is 4.09. The van der Waals surface area contributed by atoms with Gasteiger partial charge >= 0.3 is 0 Å². The average molecular weight is 146 g/mol. The smallest absolute Gasteiger partial charge is 0.0623 e. The third-order valence-electron chi connectivity index (χ3n) is 0.667. The fraction of sp³-hybridized carbons (Fsp3) is 0. The van der Waals surface area contributed by atoms with Crippen LogP contribution in [0.2, 0.25) is 0 Å². The Hall–Kier alpha value is -0.0800. The van der Waals surface area contributed by atoms with Crippen molar-refractivity contribution in [2.24, 2.45) is 0 Å². The number of benzene rings is 1. The summed E-state index contributed by atoms with van der Waals surface area (Å²) >= 11 is 0. The molecular formula is C6H10S2. The van der Waals surface area contributed by atoms with E-state index in [4.69, 9.17) is 0 Å². The lowest BCUT2D eigenvalue weighted by atomic mass is 10.4. The summed E-state index contributed by atoms with van der Waals surface area (Å²) < 4.78 is 0. The van der Waals surface area contributed by atoms with Gasteiger partial charge in [-0.2, -0.15) is 27.0 Å². The van der Waals surface area contributed by atoms with Crippen LogP contribution in [0.25, 0.3) is 0 Å². The van der Waals surface area contributed by atoms with E-state index in [9.17, 15) is 0 Å². The van der Waals surface area contributed by atoms with Crippen molar-refractivity contribution >= 4 is 27.0 Å². The van der Waals surface area contributed by atoms with Gasteiger partial charge in [-0.05, 0) is 0 Å². The molecule has 0 amide bonds. The van der Waals surface area contributed by atoms with Gasteiger partial charge in [0.05, 0.1) is 0 Å². The normalized spacial score (nSPS) is 6.00. The zero-order valence-corrected chi connectivity index (χ0v) is 6.46. The molecule has 0 bridgehead atoms.